The van der Waals surface area contributed by atoms with Crippen LogP contribution >= 0.6 is 7.82 Å². The first-order chi connectivity index (χ1) is 38.4. The van der Waals surface area contributed by atoms with Crippen molar-refractivity contribution < 1.29 is 37.3 Å². The summed E-state index contributed by atoms with van der Waals surface area (Å²) in [5.74, 6) is -0.564. The van der Waals surface area contributed by atoms with Crippen LogP contribution in [0.1, 0.15) is 278 Å². The van der Waals surface area contributed by atoms with Gasteiger partial charge in [-0.15, -0.1) is 0 Å². The molecule has 0 aromatic carbocycles. The number of allylic oxidation sites excluding steroid dienone is 15. The lowest BCUT2D eigenvalue weighted by Gasteiger charge is -2.30. The highest BCUT2D eigenvalue weighted by Crippen LogP contribution is 2.38. The van der Waals surface area contributed by atoms with Gasteiger partial charge in [-0.1, -0.05) is 253 Å². The van der Waals surface area contributed by atoms with Gasteiger partial charge in [-0.05, 0) is 109 Å². The summed E-state index contributed by atoms with van der Waals surface area (Å²) in [6, 6.07) is -0.903. The molecule has 0 saturated carbocycles. The van der Waals surface area contributed by atoms with E-state index in [1.807, 2.05) is 33.3 Å². The predicted octanol–water partition coefficient (Wildman–Crippen LogP) is 19.7. The molecule has 0 bridgehead atoms. The SMILES string of the molecule is CC/C=C/C/C=C/C/C=C/CCCCCCCCC(=O)NC(COP(=O)([O-])OCC[N+](C)(C)C)C(/C=C\CCCCCCCCCCCC)OC(=O)CCCCCCCCCCC/C=C\C/C=C\C/C=C\C/C=C\CCCCC. The summed E-state index contributed by atoms with van der Waals surface area (Å²) in [6.07, 6.45) is 78.0. The van der Waals surface area contributed by atoms with E-state index in [0.29, 0.717) is 17.4 Å². The fourth-order valence-electron chi connectivity index (χ4n) is 8.99. The highest BCUT2D eigenvalue weighted by atomic mass is 31.2. The van der Waals surface area contributed by atoms with Gasteiger partial charge in [0.15, 0.2) is 0 Å². The fraction of sp³-hybridized carbons (Fsp3) is 0.739. The number of esters is 1. The summed E-state index contributed by atoms with van der Waals surface area (Å²) in [6.45, 7) is 6.69. The molecule has 3 atom stereocenters. The van der Waals surface area contributed by atoms with Crippen LogP contribution in [0.15, 0.2) is 97.2 Å². The first-order valence-electron chi connectivity index (χ1n) is 32.5. The largest absolute Gasteiger partial charge is 0.756 e. The lowest BCUT2D eigenvalue weighted by molar-refractivity contribution is -0.870. The van der Waals surface area contributed by atoms with Crippen LogP contribution < -0.4 is 10.2 Å². The van der Waals surface area contributed by atoms with E-state index >= 15 is 0 Å². The van der Waals surface area contributed by atoms with Gasteiger partial charge in [0.05, 0.1) is 33.8 Å². The first kappa shape index (κ1) is 75.9. The molecule has 0 fully saturated rings. The standard InChI is InChI=1S/C69H123N2O7P/c1-7-10-13-16-19-22-25-28-30-32-33-34-35-36-37-38-39-40-42-44-47-50-53-56-59-62-69(73)78-67(60-57-54-51-48-45-27-24-21-18-15-12-9-3)66(65-77-79(74,75)76-64-63-71(4,5)6)70-68(72)61-58-55-52-49-46-43-41-31-29-26-23-20-17-14-11-8-2/h11,14,19-20,22-23,28-31,33-34,36-37,57,60,66-67H,7-10,12-13,15-18,21,24-27,32,35,38-56,58-59,61-65H2,1-6H3,(H-,70,72,74,75)/b14-11+,22-19-,23-20+,30-28-,31-29+,34-33-,37-36-,60-57-. The second-order valence-electron chi connectivity index (χ2n) is 22.9. The van der Waals surface area contributed by atoms with Crippen molar-refractivity contribution in [3.8, 4) is 0 Å². The molecule has 0 aromatic heterocycles. The number of rotatable bonds is 58. The van der Waals surface area contributed by atoms with E-state index in [-0.39, 0.29) is 24.9 Å². The van der Waals surface area contributed by atoms with Gasteiger partial charge in [-0.25, -0.2) is 0 Å². The van der Waals surface area contributed by atoms with Crippen LogP contribution in [0, 0.1) is 0 Å². The fourth-order valence-corrected chi connectivity index (χ4v) is 9.71. The van der Waals surface area contributed by atoms with E-state index in [1.54, 1.807) is 0 Å². The van der Waals surface area contributed by atoms with Gasteiger partial charge in [-0.3, -0.25) is 14.2 Å². The van der Waals surface area contributed by atoms with Crippen LogP contribution in [-0.4, -0.2) is 69.4 Å². The minimum atomic E-state index is -4.71. The molecule has 0 aliphatic carbocycles. The van der Waals surface area contributed by atoms with Gasteiger partial charge in [0, 0.05) is 12.8 Å². The highest BCUT2D eigenvalue weighted by Gasteiger charge is 2.27. The number of nitrogens with zero attached hydrogens (tertiary/aromatic N) is 1. The molecule has 3 unspecified atom stereocenters. The van der Waals surface area contributed by atoms with Crippen molar-refractivity contribution in [2.24, 2.45) is 0 Å². The van der Waals surface area contributed by atoms with Crippen molar-refractivity contribution in [3.05, 3.63) is 97.2 Å². The zero-order chi connectivity index (χ0) is 57.9. The highest BCUT2D eigenvalue weighted by molar-refractivity contribution is 7.45. The summed E-state index contributed by atoms with van der Waals surface area (Å²) < 4.78 is 30.3. The molecule has 0 saturated heterocycles. The molecule has 0 rings (SSSR count). The van der Waals surface area contributed by atoms with Gasteiger partial charge in [0.25, 0.3) is 7.82 Å². The number of nitrogens with one attached hydrogen (secondary N) is 1. The van der Waals surface area contributed by atoms with Gasteiger partial charge < -0.3 is 28.5 Å². The number of quaternary nitrogens is 1. The van der Waals surface area contributed by atoms with Crippen LogP contribution in [0.5, 0.6) is 0 Å². The second kappa shape index (κ2) is 58.1. The molecule has 1 amide bonds. The molecule has 0 heterocycles. The van der Waals surface area contributed by atoms with Crippen molar-refractivity contribution in [1.82, 2.24) is 5.32 Å². The number of phosphoric acid groups is 1. The first-order valence-corrected chi connectivity index (χ1v) is 34.0. The average molecular weight is 1120 g/mol. The van der Waals surface area contributed by atoms with E-state index in [2.05, 4.69) is 111 Å². The number of ether oxygens (including phenoxy) is 1. The quantitative estimate of drug-likeness (QED) is 0.0212. The van der Waals surface area contributed by atoms with E-state index in [4.69, 9.17) is 13.8 Å². The van der Waals surface area contributed by atoms with Crippen LogP contribution in [0.4, 0.5) is 0 Å². The minimum absolute atomic E-state index is 0.0302. The topological polar surface area (TPSA) is 114 Å². The summed E-state index contributed by atoms with van der Waals surface area (Å²) in [4.78, 5) is 40.0. The molecule has 9 nitrogen and oxygen atoms in total. The van der Waals surface area contributed by atoms with Gasteiger partial charge in [0.1, 0.15) is 19.3 Å². The van der Waals surface area contributed by atoms with Gasteiger partial charge in [0.2, 0.25) is 5.91 Å². The van der Waals surface area contributed by atoms with E-state index in [9.17, 15) is 19.0 Å². The monoisotopic (exact) mass is 1120 g/mol. The number of hydrogen-bond donors (Lipinski definition) is 1. The third kappa shape index (κ3) is 59.4. The maximum absolute atomic E-state index is 13.5. The van der Waals surface area contributed by atoms with Crippen molar-refractivity contribution in [2.75, 3.05) is 40.9 Å². The zero-order valence-corrected chi connectivity index (χ0v) is 52.9. The molecule has 0 aliphatic rings. The molecular weight excluding hydrogens is 1000 g/mol. The Kier molecular flexibility index (Phi) is 55.9. The van der Waals surface area contributed by atoms with Crippen molar-refractivity contribution >= 4 is 19.7 Å². The minimum Gasteiger partial charge on any atom is -0.756 e. The molecule has 79 heavy (non-hydrogen) atoms. The Bertz CT molecular complexity index is 1670. The Morgan fingerprint density at radius 1 is 0.456 bits per heavy atom. The Hall–Kier alpha value is -3.07. The normalized spacial score (nSPS) is 14.3. The number of phosphoric ester groups is 1. The molecule has 456 valence electrons. The summed E-state index contributed by atoms with van der Waals surface area (Å²) in [7, 11) is 1.16. The van der Waals surface area contributed by atoms with Gasteiger partial charge >= 0.3 is 5.97 Å². The van der Waals surface area contributed by atoms with Crippen LogP contribution in [0.3, 0.4) is 0 Å². The molecule has 0 radical (unpaired) electrons. The molecule has 1 N–H and O–H groups in total. The second-order valence-corrected chi connectivity index (χ2v) is 24.3. The van der Waals surface area contributed by atoms with Crippen molar-refractivity contribution in [1.29, 1.82) is 0 Å². The maximum Gasteiger partial charge on any atom is 0.306 e. The number of carbonyl (C=O) groups excluding carboxylic acids is 2. The summed E-state index contributed by atoms with van der Waals surface area (Å²) >= 11 is 0. The Morgan fingerprint density at radius 3 is 1.24 bits per heavy atom. The van der Waals surface area contributed by atoms with Crippen LogP contribution in [0.25, 0.3) is 0 Å². The predicted molar refractivity (Wildman–Crippen MR) is 339 cm³/mol. The Balaban J connectivity index is 5.18. The molecular formula is C69H123N2O7P. The van der Waals surface area contributed by atoms with E-state index in [0.717, 1.165) is 135 Å². The molecule has 0 aromatic rings. The van der Waals surface area contributed by atoms with E-state index < -0.39 is 26.6 Å². The average Bonchev–Trinajstić information content (AvgIpc) is 3.41. The Labute approximate surface area is 488 Å². The Morgan fingerprint density at radius 2 is 0.810 bits per heavy atom. The third-order valence-electron chi connectivity index (χ3n) is 14.0. The van der Waals surface area contributed by atoms with Crippen LogP contribution in [-0.2, 0) is 27.9 Å². The third-order valence-corrected chi connectivity index (χ3v) is 15.0. The lowest BCUT2D eigenvalue weighted by atomic mass is 10.0. The molecule has 10 heteroatoms. The smallest absolute Gasteiger partial charge is 0.306 e. The van der Waals surface area contributed by atoms with Crippen LogP contribution in [0.2, 0.25) is 0 Å². The number of likely N-dealkylation sites (N-methyl/N-ethyl adjacent to an activating group) is 1. The number of carbonyl (C=O) groups is 2. The maximum atomic E-state index is 13.5. The molecule has 0 spiro atoms. The zero-order valence-electron chi connectivity index (χ0n) is 52.1. The molecule has 0 aliphatic heterocycles. The van der Waals surface area contributed by atoms with Gasteiger partial charge in [-0.2, -0.15) is 0 Å². The lowest BCUT2D eigenvalue weighted by Crippen LogP contribution is -2.47. The van der Waals surface area contributed by atoms with Crippen molar-refractivity contribution in [3.63, 3.8) is 0 Å². The van der Waals surface area contributed by atoms with E-state index in [1.165, 1.54) is 109 Å². The summed E-state index contributed by atoms with van der Waals surface area (Å²) in [5.41, 5.74) is 0. The van der Waals surface area contributed by atoms with Crippen molar-refractivity contribution in [2.45, 2.75) is 290 Å². The summed E-state index contributed by atoms with van der Waals surface area (Å²) in [5, 5.41) is 3.02. The number of unbranched alkanes of at least 4 members (excludes halogenated alkanes) is 28. The number of amides is 1. The number of hydrogen-bond acceptors (Lipinski definition) is 7.